The van der Waals surface area contributed by atoms with Crippen molar-refractivity contribution in [2.45, 2.75) is 52.1 Å². The van der Waals surface area contributed by atoms with Crippen LogP contribution in [0.5, 0.6) is 0 Å². The van der Waals surface area contributed by atoms with Crippen LogP contribution in [-0.2, 0) is 9.53 Å². The summed E-state index contributed by atoms with van der Waals surface area (Å²) < 4.78 is 5.16. The first-order valence-corrected chi connectivity index (χ1v) is 8.70. The fourth-order valence-electron chi connectivity index (χ4n) is 3.69. The van der Waals surface area contributed by atoms with E-state index in [-0.39, 0.29) is 17.9 Å². The molecule has 2 saturated heterocycles. The topological polar surface area (TPSA) is 53.1 Å². The van der Waals surface area contributed by atoms with Gasteiger partial charge in [0.25, 0.3) is 5.91 Å². The van der Waals surface area contributed by atoms with Crippen LogP contribution in [0, 0.1) is 5.92 Å². The number of likely N-dealkylation sites (tertiary alicyclic amines) is 1. The zero-order chi connectivity index (χ0) is 17.2. The lowest BCUT2D eigenvalue weighted by Gasteiger charge is -2.43. The molecule has 0 bridgehead atoms. The quantitative estimate of drug-likeness (QED) is 0.699. The predicted octanol–water partition coefficient (Wildman–Crippen LogP) is 1.80. The van der Waals surface area contributed by atoms with Crippen LogP contribution in [0.15, 0.2) is 0 Å². The average molecular weight is 325 g/mol. The van der Waals surface area contributed by atoms with Crippen LogP contribution in [0.25, 0.3) is 0 Å². The summed E-state index contributed by atoms with van der Waals surface area (Å²) >= 11 is 0. The molecule has 0 aromatic carbocycles. The summed E-state index contributed by atoms with van der Waals surface area (Å²) in [5, 5.41) is 0. The summed E-state index contributed by atoms with van der Waals surface area (Å²) in [7, 11) is 1.63. The first-order valence-electron chi connectivity index (χ1n) is 8.70. The molecule has 6 heteroatoms. The standard InChI is InChI=1S/C17H31N3O3/c1-13(2)12-19-15(21)17(20(16(19)22)10-11-23-5)6-8-18(9-7-17)14(3)4/h13-14H,6-12H2,1-5H3. The number of carbonyl (C=O) groups is 2. The Labute approximate surface area is 139 Å². The maximum absolute atomic E-state index is 13.1. The number of urea groups is 1. The van der Waals surface area contributed by atoms with Crippen molar-refractivity contribution in [3.63, 3.8) is 0 Å². The second kappa shape index (κ2) is 7.18. The fraction of sp³-hybridized carbons (Fsp3) is 0.882. The van der Waals surface area contributed by atoms with E-state index in [2.05, 4.69) is 18.7 Å². The van der Waals surface area contributed by atoms with E-state index >= 15 is 0 Å². The number of rotatable bonds is 6. The molecule has 2 rings (SSSR count). The minimum absolute atomic E-state index is 0.00397. The Morgan fingerprint density at radius 3 is 2.22 bits per heavy atom. The molecule has 0 aromatic rings. The summed E-state index contributed by atoms with van der Waals surface area (Å²) in [5.74, 6) is 0.272. The number of imide groups is 1. The van der Waals surface area contributed by atoms with Crippen molar-refractivity contribution in [1.82, 2.24) is 14.7 Å². The highest BCUT2D eigenvalue weighted by Crippen LogP contribution is 2.37. The van der Waals surface area contributed by atoms with Crippen molar-refractivity contribution in [2.24, 2.45) is 5.92 Å². The Hall–Kier alpha value is -1.14. The third kappa shape index (κ3) is 3.38. The Morgan fingerprint density at radius 1 is 1.13 bits per heavy atom. The van der Waals surface area contributed by atoms with Gasteiger partial charge in [0.15, 0.2) is 0 Å². The number of piperidine rings is 1. The molecule has 0 atom stereocenters. The van der Waals surface area contributed by atoms with Crippen molar-refractivity contribution < 1.29 is 14.3 Å². The van der Waals surface area contributed by atoms with E-state index < -0.39 is 5.54 Å². The van der Waals surface area contributed by atoms with Gasteiger partial charge in [0, 0.05) is 39.3 Å². The Balaban J connectivity index is 2.23. The minimum atomic E-state index is -0.657. The van der Waals surface area contributed by atoms with Gasteiger partial charge in [0.1, 0.15) is 5.54 Å². The van der Waals surface area contributed by atoms with Crippen molar-refractivity contribution in [2.75, 3.05) is 39.9 Å². The second-order valence-electron chi connectivity index (χ2n) is 7.40. The van der Waals surface area contributed by atoms with Gasteiger partial charge in [0.2, 0.25) is 0 Å². The number of hydrogen-bond acceptors (Lipinski definition) is 4. The van der Waals surface area contributed by atoms with Gasteiger partial charge < -0.3 is 14.5 Å². The summed E-state index contributed by atoms with van der Waals surface area (Å²) in [6.07, 6.45) is 1.43. The highest BCUT2D eigenvalue weighted by molar-refractivity contribution is 6.07. The Kier molecular flexibility index (Phi) is 5.68. The van der Waals surface area contributed by atoms with Gasteiger partial charge in [-0.25, -0.2) is 4.79 Å². The molecule has 0 aliphatic carbocycles. The molecule has 0 aromatic heterocycles. The molecule has 3 amide bonds. The first kappa shape index (κ1) is 18.2. The number of methoxy groups -OCH3 is 1. The monoisotopic (exact) mass is 325 g/mol. The molecule has 6 nitrogen and oxygen atoms in total. The van der Waals surface area contributed by atoms with Crippen molar-refractivity contribution >= 4 is 11.9 Å². The average Bonchev–Trinajstić information content (AvgIpc) is 2.68. The molecular weight excluding hydrogens is 294 g/mol. The third-order valence-corrected chi connectivity index (χ3v) is 5.04. The lowest BCUT2D eigenvalue weighted by molar-refractivity contribution is -0.136. The van der Waals surface area contributed by atoms with Gasteiger partial charge in [-0.1, -0.05) is 13.8 Å². The Bertz CT molecular complexity index is 442. The van der Waals surface area contributed by atoms with E-state index in [1.54, 1.807) is 12.0 Å². The highest BCUT2D eigenvalue weighted by Gasteiger charge is 2.57. The number of amides is 3. The fourth-order valence-corrected chi connectivity index (χ4v) is 3.69. The van der Waals surface area contributed by atoms with E-state index in [4.69, 9.17) is 4.74 Å². The van der Waals surface area contributed by atoms with Crippen molar-refractivity contribution in [3.05, 3.63) is 0 Å². The summed E-state index contributed by atoms with van der Waals surface area (Å²) in [6.45, 7) is 11.6. The van der Waals surface area contributed by atoms with Gasteiger partial charge in [-0.05, 0) is 32.6 Å². The summed E-state index contributed by atoms with van der Waals surface area (Å²) in [5.41, 5.74) is -0.657. The van der Waals surface area contributed by atoms with Gasteiger partial charge in [-0.3, -0.25) is 9.69 Å². The zero-order valence-corrected chi connectivity index (χ0v) is 15.2. The first-order chi connectivity index (χ1) is 10.8. The molecule has 0 saturated carbocycles. The second-order valence-corrected chi connectivity index (χ2v) is 7.40. The van der Waals surface area contributed by atoms with Crippen LogP contribution in [0.3, 0.4) is 0 Å². The van der Waals surface area contributed by atoms with Crippen LogP contribution in [-0.4, -0.2) is 78.1 Å². The molecule has 2 aliphatic rings. The highest BCUT2D eigenvalue weighted by atomic mass is 16.5. The molecule has 1 spiro atoms. The maximum Gasteiger partial charge on any atom is 0.327 e. The number of hydrogen-bond donors (Lipinski definition) is 0. The molecule has 0 N–H and O–H groups in total. The van der Waals surface area contributed by atoms with Gasteiger partial charge >= 0.3 is 6.03 Å². The van der Waals surface area contributed by atoms with E-state index in [9.17, 15) is 9.59 Å². The minimum Gasteiger partial charge on any atom is -0.383 e. The smallest absolute Gasteiger partial charge is 0.327 e. The molecule has 2 aliphatic heterocycles. The number of nitrogens with zero attached hydrogens (tertiary/aromatic N) is 3. The van der Waals surface area contributed by atoms with Crippen molar-refractivity contribution in [1.29, 1.82) is 0 Å². The number of carbonyl (C=O) groups excluding carboxylic acids is 2. The van der Waals surface area contributed by atoms with Gasteiger partial charge in [0.05, 0.1) is 6.61 Å². The molecule has 0 unspecified atom stereocenters. The molecule has 0 radical (unpaired) electrons. The van der Waals surface area contributed by atoms with Crippen LogP contribution >= 0.6 is 0 Å². The van der Waals surface area contributed by atoms with Crippen LogP contribution in [0.2, 0.25) is 0 Å². The Morgan fingerprint density at radius 2 is 1.74 bits per heavy atom. The van der Waals surface area contributed by atoms with E-state index in [0.717, 1.165) is 13.1 Å². The SMILES string of the molecule is COCCN1C(=O)N(CC(C)C)C(=O)C12CCN(C(C)C)CC2. The molecule has 132 valence electrons. The summed E-state index contributed by atoms with van der Waals surface area (Å²) in [4.78, 5) is 31.5. The molecular formula is C17H31N3O3. The predicted molar refractivity (Wildman–Crippen MR) is 89.2 cm³/mol. The summed E-state index contributed by atoms with van der Waals surface area (Å²) in [6, 6.07) is 0.331. The van der Waals surface area contributed by atoms with Gasteiger partial charge in [-0.15, -0.1) is 0 Å². The van der Waals surface area contributed by atoms with E-state index in [0.29, 0.717) is 38.6 Å². The van der Waals surface area contributed by atoms with E-state index in [1.807, 2.05) is 13.8 Å². The van der Waals surface area contributed by atoms with E-state index in [1.165, 1.54) is 4.90 Å². The molecule has 23 heavy (non-hydrogen) atoms. The van der Waals surface area contributed by atoms with Crippen LogP contribution < -0.4 is 0 Å². The molecule has 2 fully saturated rings. The lowest BCUT2D eigenvalue weighted by Crippen LogP contribution is -2.58. The molecule has 2 heterocycles. The van der Waals surface area contributed by atoms with Crippen molar-refractivity contribution in [3.8, 4) is 0 Å². The normalized spacial score (nSPS) is 22.2. The number of ether oxygens (including phenoxy) is 1. The largest absolute Gasteiger partial charge is 0.383 e. The lowest BCUT2D eigenvalue weighted by atomic mass is 9.85. The van der Waals surface area contributed by atoms with Gasteiger partial charge in [-0.2, -0.15) is 0 Å². The zero-order valence-electron chi connectivity index (χ0n) is 15.2. The maximum atomic E-state index is 13.1. The van der Waals surface area contributed by atoms with Crippen LogP contribution in [0.1, 0.15) is 40.5 Å². The van der Waals surface area contributed by atoms with Crippen LogP contribution in [0.4, 0.5) is 4.79 Å². The third-order valence-electron chi connectivity index (χ3n) is 5.04.